The van der Waals surface area contributed by atoms with E-state index in [-0.39, 0.29) is 0 Å². The summed E-state index contributed by atoms with van der Waals surface area (Å²) in [5, 5.41) is 0. The summed E-state index contributed by atoms with van der Waals surface area (Å²) >= 11 is 0. The van der Waals surface area contributed by atoms with Gasteiger partial charge in [-0.1, -0.05) is 52.4 Å². The van der Waals surface area contributed by atoms with Crippen LogP contribution in [0.25, 0.3) is 0 Å². The fraction of sp³-hybridized carbons (Fsp3) is 0.944. The summed E-state index contributed by atoms with van der Waals surface area (Å²) in [5.41, 5.74) is 0. The number of hydrogen-bond acceptors (Lipinski definition) is 1. The molecule has 110 valence electrons. The van der Waals surface area contributed by atoms with Crippen molar-refractivity contribution in [3.63, 3.8) is 0 Å². The van der Waals surface area contributed by atoms with E-state index in [1.165, 1.54) is 64.1 Å². The van der Waals surface area contributed by atoms with Crippen LogP contribution in [0.5, 0.6) is 0 Å². The lowest BCUT2D eigenvalue weighted by atomic mass is 9.73. The zero-order valence-corrected chi connectivity index (χ0v) is 12.9. The van der Waals surface area contributed by atoms with Gasteiger partial charge in [0.05, 0.1) is 0 Å². The maximum absolute atomic E-state index is 11.1. The molecular weight excluding hydrogens is 232 g/mol. The molecule has 0 bridgehead atoms. The van der Waals surface area contributed by atoms with Crippen molar-refractivity contribution in [3.8, 4) is 0 Å². The first-order chi connectivity index (χ1) is 9.20. The highest BCUT2D eigenvalue weighted by molar-refractivity contribution is 5.54. The fourth-order valence-electron chi connectivity index (χ4n) is 4.36. The van der Waals surface area contributed by atoms with Crippen LogP contribution in [-0.4, -0.2) is 6.29 Å². The molecule has 0 saturated heterocycles. The van der Waals surface area contributed by atoms with Crippen LogP contribution < -0.4 is 0 Å². The molecule has 0 aromatic heterocycles. The molecule has 0 N–H and O–H groups in total. The third kappa shape index (κ3) is 4.33. The zero-order valence-electron chi connectivity index (χ0n) is 12.9. The van der Waals surface area contributed by atoms with Crippen molar-refractivity contribution in [1.29, 1.82) is 0 Å². The van der Waals surface area contributed by atoms with Crippen molar-refractivity contribution in [2.24, 2.45) is 29.6 Å². The highest BCUT2D eigenvalue weighted by atomic mass is 16.1. The summed E-state index contributed by atoms with van der Waals surface area (Å²) in [4.78, 5) is 11.1. The molecule has 0 aromatic rings. The minimum absolute atomic E-state index is 0.388. The molecule has 2 aliphatic rings. The van der Waals surface area contributed by atoms with E-state index in [9.17, 15) is 4.79 Å². The monoisotopic (exact) mass is 264 g/mol. The summed E-state index contributed by atoms with van der Waals surface area (Å²) in [6.45, 7) is 4.85. The van der Waals surface area contributed by atoms with E-state index < -0.39 is 0 Å². The Bertz CT molecular complexity index is 273. The summed E-state index contributed by atoms with van der Waals surface area (Å²) in [6, 6.07) is 0. The number of carbonyl (C=O) groups excluding carboxylic acids is 1. The van der Waals surface area contributed by atoms with Crippen LogP contribution in [0.2, 0.25) is 0 Å². The molecule has 0 aromatic carbocycles. The molecule has 0 spiro atoms. The summed E-state index contributed by atoms with van der Waals surface area (Å²) < 4.78 is 0. The molecule has 1 heteroatoms. The first-order valence-electron chi connectivity index (χ1n) is 8.66. The van der Waals surface area contributed by atoms with E-state index in [2.05, 4.69) is 13.8 Å². The second kappa shape index (κ2) is 7.45. The molecule has 0 radical (unpaired) electrons. The molecule has 0 heterocycles. The lowest BCUT2D eigenvalue weighted by Crippen LogP contribution is -2.22. The van der Waals surface area contributed by atoms with Crippen molar-refractivity contribution in [3.05, 3.63) is 0 Å². The Morgan fingerprint density at radius 1 is 0.947 bits per heavy atom. The van der Waals surface area contributed by atoms with Gasteiger partial charge < -0.3 is 4.79 Å². The summed E-state index contributed by atoms with van der Waals surface area (Å²) in [5.74, 6) is 3.94. The minimum atomic E-state index is 0.388. The molecule has 19 heavy (non-hydrogen) atoms. The predicted octanol–water partition coefficient (Wildman–Crippen LogP) is 5.23. The molecule has 0 amide bonds. The van der Waals surface area contributed by atoms with E-state index in [0.717, 1.165) is 24.2 Å². The van der Waals surface area contributed by atoms with Gasteiger partial charge >= 0.3 is 0 Å². The standard InChI is InChI=1S/C18H32O/c1-14-10-11-16(12-15(14)2)6-5-9-17-7-3-4-8-18(17)13-19/h13-18H,3-12H2,1-2H3. The Kier molecular flexibility index (Phi) is 5.91. The highest BCUT2D eigenvalue weighted by Crippen LogP contribution is 2.37. The zero-order chi connectivity index (χ0) is 13.7. The van der Waals surface area contributed by atoms with Crippen LogP contribution in [0.4, 0.5) is 0 Å². The van der Waals surface area contributed by atoms with Crippen LogP contribution in [0.1, 0.15) is 78.1 Å². The van der Waals surface area contributed by atoms with Crippen molar-refractivity contribution >= 4 is 6.29 Å². The molecule has 2 aliphatic carbocycles. The summed E-state index contributed by atoms with van der Waals surface area (Å²) in [7, 11) is 0. The van der Waals surface area contributed by atoms with Crippen LogP contribution in [-0.2, 0) is 4.79 Å². The summed E-state index contributed by atoms with van der Waals surface area (Å²) in [6.07, 6.45) is 14.8. The first kappa shape index (κ1) is 15.1. The second-order valence-electron chi connectivity index (χ2n) is 7.41. The molecule has 2 rings (SSSR count). The topological polar surface area (TPSA) is 17.1 Å². The predicted molar refractivity (Wildman–Crippen MR) is 81.0 cm³/mol. The van der Waals surface area contributed by atoms with Gasteiger partial charge in [0.1, 0.15) is 6.29 Å². The van der Waals surface area contributed by atoms with Crippen molar-refractivity contribution in [1.82, 2.24) is 0 Å². The third-order valence-electron chi connectivity index (χ3n) is 6.04. The lowest BCUT2D eigenvalue weighted by molar-refractivity contribution is -0.113. The highest BCUT2D eigenvalue weighted by Gasteiger charge is 2.26. The van der Waals surface area contributed by atoms with Crippen LogP contribution in [0.3, 0.4) is 0 Å². The maximum Gasteiger partial charge on any atom is 0.123 e. The van der Waals surface area contributed by atoms with Gasteiger partial charge in [-0.2, -0.15) is 0 Å². The van der Waals surface area contributed by atoms with Crippen molar-refractivity contribution in [2.45, 2.75) is 78.1 Å². The van der Waals surface area contributed by atoms with Gasteiger partial charge in [-0.15, -0.1) is 0 Å². The Labute approximate surface area is 119 Å². The maximum atomic E-state index is 11.1. The van der Waals surface area contributed by atoms with Gasteiger partial charge in [0, 0.05) is 5.92 Å². The van der Waals surface area contributed by atoms with Crippen LogP contribution >= 0.6 is 0 Å². The number of carbonyl (C=O) groups is 1. The third-order valence-corrected chi connectivity index (χ3v) is 6.04. The van der Waals surface area contributed by atoms with E-state index in [1.807, 2.05) is 0 Å². The van der Waals surface area contributed by atoms with Crippen LogP contribution in [0, 0.1) is 29.6 Å². The van der Waals surface area contributed by atoms with Gasteiger partial charge in [0.15, 0.2) is 0 Å². The molecule has 1 nitrogen and oxygen atoms in total. The molecule has 5 atom stereocenters. The number of rotatable bonds is 5. The van der Waals surface area contributed by atoms with Crippen LogP contribution in [0.15, 0.2) is 0 Å². The molecule has 5 unspecified atom stereocenters. The largest absolute Gasteiger partial charge is 0.303 e. The van der Waals surface area contributed by atoms with Crippen molar-refractivity contribution in [2.75, 3.05) is 0 Å². The molecule has 2 fully saturated rings. The quantitative estimate of drug-likeness (QED) is 0.621. The van der Waals surface area contributed by atoms with Gasteiger partial charge in [0.25, 0.3) is 0 Å². The van der Waals surface area contributed by atoms with Gasteiger partial charge in [-0.3, -0.25) is 0 Å². The molecular formula is C18H32O. The normalized spacial score (nSPS) is 40.0. The van der Waals surface area contributed by atoms with E-state index in [0.29, 0.717) is 11.8 Å². The van der Waals surface area contributed by atoms with Gasteiger partial charge in [0.2, 0.25) is 0 Å². The van der Waals surface area contributed by atoms with E-state index >= 15 is 0 Å². The molecule has 0 aliphatic heterocycles. The van der Waals surface area contributed by atoms with Gasteiger partial charge in [-0.05, 0) is 49.4 Å². The minimum Gasteiger partial charge on any atom is -0.303 e. The second-order valence-corrected chi connectivity index (χ2v) is 7.41. The number of aldehydes is 1. The van der Waals surface area contributed by atoms with E-state index in [1.54, 1.807) is 0 Å². The van der Waals surface area contributed by atoms with Crippen molar-refractivity contribution < 1.29 is 4.79 Å². The Morgan fingerprint density at radius 2 is 1.74 bits per heavy atom. The fourth-order valence-corrected chi connectivity index (χ4v) is 4.36. The smallest absolute Gasteiger partial charge is 0.123 e. The average Bonchev–Trinajstić information content (AvgIpc) is 2.43. The average molecular weight is 264 g/mol. The Balaban J connectivity index is 1.67. The Hall–Kier alpha value is -0.330. The SMILES string of the molecule is CC1CCC(CCCC2CCCCC2C=O)CC1C. The van der Waals surface area contributed by atoms with E-state index in [4.69, 9.17) is 0 Å². The van der Waals surface area contributed by atoms with Gasteiger partial charge in [-0.25, -0.2) is 0 Å². The lowest BCUT2D eigenvalue weighted by Gasteiger charge is -2.33. The Morgan fingerprint density at radius 3 is 2.47 bits per heavy atom. The number of hydrogen-bond donors (Lipinski definition) is 0. The first-order valence-corrected chi connectivity index (χ1v) is 8.66. The molecule has 2 saturated carbocycles.